The van der Waals surface area contributed by atoms with Gasteiger partial charge in [0.15, 0.2) is 0 Å². The molecule has 0 aromatic heterocycles. The fraction of sp³-hybridized carbons (Fsp3) is 0.357. The van der Waals surface area contributed by atoms with Crippen molar-refractivity contribution in [1.82, 2.24) is 4.90 Å². The van der Waals surface area contributed by atoms with E-state index < -0.39 is 18.9 Å². The number of benzene rings is 1. The van der Waals surface area contributed by atoms with Gasteiger partial charge in [0.05, 0.1) is 19.2 Å². The molecule has 0 heterocycles. The minimum Gasteiger partial charge on any atom is -0.495 e. The zero-order valence-electron chi connectivity index (χ0n) is 11.2. The van der Waals surface area contributed by atoms with E-state index in [1.165, 1.54) is 32.4 Å². The maximum atomic E-state index is 12.3. The van der Waals surface area contributed by atoms with Crippen LogP contribution in [0.2, 0.25) is 0 Å². The van der Waals surface area contributed by atoms with Crippen LogP contribution in [0.15, 0.2) is 18.2 Å². The van der Waals surface area contributed by atoms with E-state index in [1.54, 1.807) is 0 Å². The van der Waals surface area contributed by atoms with E-state index in [2.05, 4.69) is 11.8 Å². The Kier molecular flexibility index (Phi) is 5.94. The van der Waals surface area contributed by atoms with E-state index in [1.807, 2.05) is 0 Å². The number of nitrogens with zero attached hydrogens (tertiary/aromatic N) is 1. The Labute approximate surface area is 116 Å². The molecule has 0 saturated heterocycles. The first kappa shape index (κ1) is 15.9. The average Bonchev–Trinajstić information content (AvgIpc) is 2.43. The molecule has 1 aromatic carbocycles. The predicted molar refractivity (Wildman–Crippen MR) is 69.9 cm³/mol. The molecule has 1 amide bonds. The fourth-order valence-corrected chi connectivity index (χ4v) is 1.58. The monoisotopic (exact) mass is 283 g/mol. The predicted octanol–water partition coefficient (Wildman–Crippen LogP) is 1.38. The smallest absolute Gasteiger partial charge is 0.255 e. The highest BCUT2D eigenvalue weighted by atomic mass is 19.3. The topological polar surface area (TPSA) is 49.8 Å². The van der Waals surface area contributed by atoms with Gasteiger partial charge < -0.3 is 14.7 Å². The Hall–Kier alpha value is -2.13. The summed E-state index contributed by atoms with van der Waals surface area (Å²) in [5, 5.41) is 8.68. The van der Waals surface area contributed by atoms with Crippen molar-refractivity contribution in [3.63, 3.8) is 0 Å². The quantitative estimate of drug-likeness (QED) is 0.849. The van der Waals surface area contributed by atoms with Crippen molar-refractivity contribution in [1.29, 1.82) is 0 Å². The second-order valence-electron chi connectivity index (χ2n) is 3.95. The molecule has 1 N–H and O–H groups in total. The van der Waals surface area contributed by atoms with Crippen LogP contribution in [-0.4, -0.2) is 49.6 Å². The normalized spacial score (nSPS) is 9.90. The molecule has 0 bridgehead atoms. The van der Waals surface area contributed by atoms with Gasteiger partial charge >= 0.3 is 0 Å². The Balaban J connectivity index is 3.04. The van der Waals surface area contributed by atoms with Crippen LogP contribution in [0.5, 0.6) is 5.75 Å². The average molecular weight is 283 g/mol. The van der Waals surface area contributed by atoms with E-state index in [0.29, 0.717) is 11.3 Å². The van der Waals surface area contributed by atoms with Gasteiger partial charge in [-0.15, -0.1) is 0 Å². The number of ether oxygens (including phenoxy) is 1. The zero-order chi connectivity index (χ0) is 15.1. The molecule has 1 rings (SSSR count). The van der Waals surface area contributed by atoms with E-state index in [9.17, 15) is 13.6 Å². The lowest BCUT2D eigenvalue weighted by Gasteiger charge is -2.17. The van der Waals surface area contributed by atoms with Crippen LogP contribution in [-0.2, 0) is 0 Å². The van der Waals surface area contributed by atoms with Crippen LogP contribution in [0.1, 0.15) is 15.9 Å². The molecule has 0 aliphatic carbocycles. The molecule has 0 fully saturated rings. The number of rotatable bonds is 4. The number of methoxy groups -OCH3 is 1. The summed E-state index contributed by atoms with van der Waals surface area (Å²) in [5.74, 6) is 5.01. The van der Waals surface area contributed by atoms with E-state index >= 15 is 0 Å². The van der Waals surface area contributed by atoms with E-state index in [0.717, 1.165) is 4.90 Å². The molecule has 0 aliphatic rings. The van der Waals surface area contributed by atoms with Crippen LogP contribution >= 0.6 is 0 Å². The molecule has 0 radical (unpaired) electrons. The van der Waals surface area contributed by atoms with Crippen molar-refractivity contribution in [2.45, 2.75) is 6.43 Å². The Morgan fingerprint density at radius 3 is 2.75 bits per heavy atom. The minimum atomic E-state index is -2.59. The highest BCUT2D eigenvalue weighted by molar-refractivity contribution is 5.94. The van der Waals surface area contributed by atoms with E-state index in [-0.39, 0.29) is 12.2 Å². The molecule has 0 atom stereocenters. The first-order chi connectivity index (χ1) is 9.49. The van der Waals surface area contributed by atoms with Crippen LogP contribution in [0.4, 0.5) is 8.78 Å². The zero-order valence-corrected chi connectivity index (χ0v) is 11.2. The van der Waals surface area contributed by atoms with Crippen LogP contribution in [0.25, 0.3) is 0 Å². The van der Waals surface area contributed by atoms with Crippen molar-refractivity contribution < 1.29 is 23.4 Å². The van der Waals surface area contributed by atoms with Gasteiger partial charge in [0.1, 0.15) is 12.4 Å². The second-order valence-corrected chi connectivity index (χ2v) is 3.95. The summed E-state index contributed by atoms with van der Waals surface area (Å²) < 4.78 is 29.6. The molecule has 1 aromatic rings. The molecule has 6 heteroatoms. The molecular formula is C14H15F2NO3. The molecule has 108 valence electrons. The fourth-order valence-electron chi connectivity index (χ4n) is 1.58. The van der Waals surface area contributed by atoms with Gasteiger partial charge in [-0.1, -0.05) is 11.8 Å². The van der Waals surface area contributed by atoms with Crippen molar-refractivity contribution in [2.75, 3.05) is 27.3 Å². The van der Waals surface area contributed by atoms with Crippen molar-refractivity contribution in [3.05, 3.63) is 29.3 Å². The van der Waals surface area contributed by atoms with Gasteiger partial charge in [-0.2, -0.15) is 0 Å². The van der Waals surface area contributed by atoms with Crippen LogP contribution in [0.3, 0.4) is 0 Å². The van der Waals surface area contributed by atoms with Crippen molar-refractivity contribution in [3.8, 4) is 17.6 Å². The number of aliphatic hydroxyl groups excluding tert-OH is 1. The van der Waals surface area contributed by atoms with Crippen LogP contribution in [0, 0.1) is 11.8 Å². The summed E-state index contributed by atoms with van der Waals surface area (Å²) in [6, 6.07) is 4.46. The number of amides is 1. The van der Waals surface area contributed by atoms with Crippen molar-refractivity contribution >= 4 is 5.91 Å². The van der Waals surface area contributed by atoms with Gasteiger partial charge in [-0.3, -0.25) is 4.79 Å². The lowest BCUT2D eigenvalue weighted by atomic mass is 10.1. The summed E-state index contributed by atoms with van der Waals surface area (Å²) in [5.41, 5.74) is 0.647. The number of aliphatic hydroxyl groups is 1. The molecule has 20 heavy (non-hydrogen) atoms. The molecule has 0 spiro atoms. The third kappa shape index (κ3) is 4.21. The number of halogens is 2. The SMILES string of the molecule is COc1ccc(C(=O)N(C)CC(F)F)cc1C#CCO. The maximum Gasteiger partial charge on any atom is 0.255 e. The Morgan fingerprint density at radius 2 is 2.20 bits per heavy atom. The van der Waals surface area contributed by atoms with Gasteiger partial charge in [-0.05, 0) is 18.2 Å². The summed E-state index contributed by atoms with van der Waals surface area (Å²) in [6.45, 7) is -0.963. The van der Waals surface area contributed by atoms with Gasteiger partial charge in [0, 0.05) is 12.6 Å². The van der Waals surface area contributed by atoms with Gasteiger partial charge in [-0.25, -0.2) is 8.78 Å². The molecule has 0 saturated carbocycles. The molecule has 4 nitrogen and oxygen atoms in total. The lowest BCUT2D eigenvalue weighted by Crippen LogP contribution is -2.31. The third-order valence-corrected chi connectivity index (χ3v) is 2.51. The first-order valence-corrected chi connectivity index (χ1v) is 5.81. The highest BCUT2D eigenvalue weighted by Crippen LogP contribution is 2.19. The summed E-state index contributed by atoms with van der Waals surface area (Å²) in [4.78, 5) is 12.9. The Morgan fingerprint density at radius 1 is 1.50 bits per heavy atom. The maximum absolute atomic E-state index is 12.3. The third-order valence-electron chi connectivity index (χ3n) is 2.51. The van der Waals surface area contributed by atoms with Crippen molar-refractivity contribution in [2.24, 2.45) is 0 Å². The summed E-state index contributed by atoms with van der Waals surface area (Å²) in [6.07, 6.45) is -2.59. The number of carbonyl (C=O) groups is 1. The number of alkyl halides is 2. The first-order valence-electron chi connectivity index (χ1n) is 5.81. The summed E-state index contributed by atoms with van der Waals surface area (Å²) >= 11 is 0. The number of hydrogen-bond donors (Lipinski definition) is 1. The Bertz CT molecular complexity index is 535. The minimum absolute atomic E-state index is 0.233. The molecular weight excluding hydrogens is 268 g/mol. The number of carbonyl (C=O) groups excluding carboxylic acids is 1. The highest BCUT2D eigenvalue weighted by Gasteiger charge is 2.17. The summed E-state index contributed by atoms with van der Waals surface area (Å²) in [7, 11) is 2.75. The van der Waals surface area contributed by atoms with Gasteiger partial charge in [0.2, 0.25) is 0 Å². The van der Waals surface area contributed by atoms with Crippen LogP contribution < -0.4 is 4.74 Å². The van der Waals surface area contributed by atoms with Gasteiger partial charge in [0.25, 0.3) is 12.3 Å². The van der Waals surface area contributed by atoms with E-state index in [4.69, 9.17) is 9.84 Å². The number of hydrogen-bond acceptors (Lipinski definition) is 3. The lowest BCUT2D eigenvalue weighted by molar-refractivity contribution is 0.0620. The molecule has 0 unspecified atom stereocenters. The standard InChI is InChI=1S/C14H15F2NO3/c1-17(9-13(15)16)14(19)11-5-6-12(20-2)10(8-11)4-3-7-18/h5-6,8,13,18H,7,9H2,1-2H3. The molecule has 0 aliphatic heterocycles. The largest absolute Gasteiger partial charge is 0.495 e. The second kappa shape index (κ2) is 7.46.